The van der Waals surface area contributed by atoms with E-state index < -0.39 is 18.1 Å². The molecule has 0 saturated heterocycles. The lowest BCUT2D eigenvalue weighted by Gasteiger charge is -2.14. The van der Waals surface area contributed by atoms with E-state index in [-0.39, 0.29) is 12.4 Å². The maximum Gasteiger partial charge on any atom is 0.408 e. The number of hydrogen-bond donors (Lipinski definition) is 2. The summed E-state index contributed by atoms with van der Waals surface area (Å²) in [6, 6.07) is 14.0. The molecule has 2 N–H and O–H groups in total. The van der Waals surface area contributed by atoms with Crippen LogP contribution in [0.5, 0.6) is 5.75 Å². The van der Waals surface area contributed by atoms with Gasteiger partial charge >= 0.3 is 12.1 Å². The Balaban J connectivity index is 1.57. The van der Waals surface area contributed by atoms with Gasteiger partial charge in [-0.2, -0.15) is 11.8 Å². The third-order valence-corrected chi connectivity index (χ3v) is 4.97. The summed E-state index contributed by atoms with van der Waals surface area (Å²) in [4.78, 5) is 23.1. The lowest BCUT2D eigenvalue weighted by Crippen LogP contribution is -2.41. The minimum Gasteiger partial charge on any atom is -0.494 e. The highest BCUT2D eigenvalue weighted by atomic mass is 32.2. The molecular formula is C21H24FNO5S. The highest BCUT2D eigenvalue weighted by Crippen LogP contribution is 2.13. The van der Waals surface area contributed by atoms with Gasteiger partial charge in [-0.3, -0.25) is 0 Å². The summed E-state index contributed by atoms with van der Waals surface area (Å²) in [7, 11) is 0. The molecule has 8 heteroatoms. The van der Waals surface area contributed by atoms with Gasteiger partial charge in [0.05, 0.1) is 6.61 Å². The number of aliphatic carboxylic acids is 1. The molecule has 1 unspecified atom stereocenters. The first-order valence-electron chi connectivity index (χ1n) is 9.20. The second-order valence-corrected chi connectivity index (χ2v) is 7.38. The summed E-state index contributed by atoms with van der Waals surface area (Å²) >= 11 is 1.58. The van der Waals surface area contributed by atoms with Gasteiger partial charge in [-0.1, -0.05) is 30.3 Å². The average molecular weight is 421 g/mol. The van der Waals surface area contributed by atoms with Crippen molar-refractivity contribution in [2.75, 3.05) is 18.1 Å². The van der Waals surface area contributed by atoms with Crippen molar-refractivity contribution in [3.8, 4) is 5.75 Å². The summed E-state index contributed by atoms with van der Waals surface area (Å²) in [6.07, 6.45) is 0.310. The number of carboxylic acids is 1. The van der Waals surface area contributed by atoms with Crippen molar-refractivity contribution >= 4 is 23.8 Å². The summed E-state index contributed by atoms with van der Waals surface area (Å²) in [6.45, 7) is 0.576. The number of thioether (sulfide) groups is 1. The number of carbonyl (C=O) groups excluding carboxylic acids is 1. The molecule has 0 aliphatic carbocycles. The van der Waals surface area contributed by atoms with Crippen LogP contribution in [0.3, 0.4) is 0 Å². The van der Waals surface area contributed by atoms with Crippen LogP contribution >= 0.6 is 11.8 Å². The predicted octanol–water partition coefficient (Wildman–Crippen LogP) is 4.10. The van der Waals surface area contributed by atoms with Gasteiger partial charge in [-0.05, 0) is 54.2 Å². The first-order chi connectivity index (χ1) is 14.0. The number of benzene rings is 2. The summed E-state index contributed by atoms with van der Waals surface area (Å²) < 4.78 is 23.4. The number of nitrogens with one attached hydrogen (secondary N) is 1. The van der Waals surface area contributed by atoms with E-state index >= 15 is 0 Å². The molecule has 0 aromatic heterocycles. The molecule has 0 radical (unpaired) electrons. The monoisotopic (exact) mass is 421 g/mol. The Kier molecular flexibility index (Phi) is 9.85. The molecule has 0 fully saturated rings. The number of rotatable bonds is 12. The second-order valence-electron chi connectivity index (χ2n) is 6.15. The van der Waals surface area contributed by atoms with Crippen LogP contribution < -0.4 is 10.1 Å². The Labute approximate surface area is 173 Å². The fourth-order valence-electron chi connectivity index (χ4n) is 2.35. The van der Waals surface area contributed by atoms with Crippen LogP contribution in [0.15, 0.2) is 54.6 Å². The first kappa shape index (κ1) is 22.5. The molecule has 0 heterocycles. The van der Waals surface area contributed by atoms with Gasteiger partial charge < -0.3 is 19.9 Å². The smallest absolute Gasteiger partial charge is 0.408 e. The maximum atomic E-state index is 12.8. The fraction of sp³-hybridized carbons (Fsp3) is 0.333. The highest BCUT2D eigenvalue weighted by Gasteiger charge is 2.20. The normalized spacial score (nSPS) is 11.5. The fourth-order valence-corrected chi connectivity index (χ4v) is 3.28. The topological polar surface area (TPSA) is 84.9 Å². The third kappa shape index (κ3) is 9.34. The molecule has 0 bridgehead atoms. The van der Waals surface area contributed by atoms with E-state index in [1.165, 1.54) is 12.1 Å². The van der Waals surface area contributed by atoms with Crippen molar-refractivity contribution in [3.05, 3.63) is 66.0 Å². The molecule has 2 rings (SSSR count). The zero-order chi connectivity index (χ0) is 20.9. The van der Waals surface area contributed by atoms with Gasteiger partial charge in [0.25, 0.3) is 0 Å². The highest BCUT2D eigenvalue weighted by molar-refractivity contribution is 7.99. The van der Waals surface area contributed by atoms with Crippen molar-refractivity contribution in [1.29, 1.82) is 0 Å². The lowest BCUT2D eigenvalue weighted by atomic mass is 10.2. The van der Waals surface area contributed by atoms with Gasteiger partial charge in [0, 0.05) is 0 Å². The number of alkyl carbamates (subject to hydrolysis) is 1. The van der Waals surface area contributed by atoms with Gasteiger partial charge in [-0.25, -0.2) is 14.0 Å². The van der Waals surface area contributed by atoms with Gasteiger partial charge in [0.15, 0.2) is 0 Å². The van der Waals surface area contributed by atoms with Gasteiger partial charge in [0.1, 0.15) is 24.2 Å². The van der Waals surface area contributed by atoms with E-state index in [2.05, 4.69) is 5.32 Å². The SMILES string of the molecule is O=C(NC(CCSCCCOc1ccc(F)cc1)C(=O)O)OCc1ccccc1. The second kappa shape index (κ2) is 12.7. The van der Waals surface area contributed by atoms with Crippen molar-refractivity contribution in [1.82, 2.24) is 5.32 Å². The lowest BCUT2D eigenvalue weighted by molar-refractivity contribution is -0.139. The average Bonchev–Trinajstić information content (AvgIpc) is 2.72. The van der Waals surface area contributed by atoms with E-state index in [1.54, 1.807) is 23.9 Å². The molecule has 0 spiro atoms. The molecule has 0 aliphatic rings. The predicted molar refractivity (Wildman–Crippen MR) is 110 cm³/mol. The summed E-state index contributed by atoms with van der Waals surface area (Å²) in [5.74, 6) is 0.569. The van der Waals surface area contributed by atoms with Gasteiger partial charge in [-0.15, -0.1) is 0 Å². The largest absolute Gasteiger partial charge is 0.494 e. The molecule has 156 valence electrons. The maximum absolute atomic E-state index is 12.8. The minimum absolute atomic E-state index is 0.0851. The van der Waals surface area contributed by atoms with Crippen LogP contribution in [-0.4, -0.2) is 41.3 Å². The zero-order valence-corrected chi connectivity index (χ0v) is 16.7. The Morgan fingerprint density at radius 1 is 1.07 bits per heavy atom. The quantitative estimate of drug-likeness (QED) is 0.502. The molecule has 0 saturated carbocycles. The van der Waals surface area contributed by atoms with Gasteiger partial charge in [0.2, 0.25) is 0 Å². The number of carboxylic acid groups (broad SMARTS) is 1. The van der Waals surface area contributed by atoms with E-state index in [4.69, 9.17) is 9.47 Å². The van der Waals surface area contributed by atoms with Crippen LogP contribution in [0, 0.1) is 5.82 Å². The van der Waals surface area contributed by atoms with Crippen LogP contribution in [-0.2, 0) is 16.1 Å². The number of amides is 1. The molecule has 6 nitrogen and oxygen atoms in total. The van der Waals surface area contributed by atoms with Crippen LogP contribution in [0.2, 0.25) is 0 Å². The number of hydrogen-bond acceptors (Lipinski definition) is 5. The Bertz CT molecular complexity index is 757. The standard InChI is InChI=1S/C21H24FNO5S/c22-17-7-9-18(10-8-17)27-12-4-13-29-14-11-19(20(24)25)23-21(26)28-15-16-5-2-1-3-6-16/h1-3,5-10,19H,4,11-15H2,(H,23,26)(H,24,25). The van der Waals surface area contributed by atoms with Crippen molar-refractivity contribution in [2.45, 2.75) is 25.5 Å². The number of ether oxygens (including phenoxy) is 2. The molecular weight excluding hydrogens is 397 g/mol. The van der Waals surface area contributed by atoms with Crippen LogP contribution in [0.25, 0.3) is 0 Å². The molecule has 2 aromatic carbocycles. The Morgan fingerprint density at radius 3 is 2.48 bits per heavy atom. The van der Waals surface area contributed by atoms with Crippen LogP contribution in [0.4, 0.5) is 9.18 Å². The van der Waals surface area contributed by atoms with Crippen LogP contribution in [0.1, 0.15) is 18.4 Å². The molecule has 1 amide bonds. The van der Waals surface area contributed by atoms with E-state index in [9.17, 15) is 19.1 Å². The summed E-state index contributed by atoms with van der Waals surface area (Å²) in [5, 5.41) is 11.7. The Hall–Kier alpha value is -2.74. The molecule has 29 heavy (non-hydrogen) atoms. The van der Waals surface area contributed by atoms with Crippen molar-refractivity contribution in [3.63, 3.8) is 0 Å². The van der Waals surface area contributed by atoms with Crippen molar-refractivity contribution in [2.24, 2.45) is 0 Å². The first-order valence-corrected chi connectivity index (χ1v) is 10.4. The number of carbonyl (C=O) groups is 2. The van der Waals surface area contributed by atoms with E-state index in [1.807, 2.05) is 30.3 Å². The minimum atomic E-state index is -1.10. The Morgan fingerprint density at radius 2 is 1.79 bits per heavy atom. The summed E-state index contributed by atoms with van der Waals surface area (Å²) in [5.41, 5.74) is 0.827. The molecule has 1 atom stereocenters. The van der Waals surface area contributed by atoms with Crippen molar-refractivity contribution < 1.29 is 28.6 Å². The zero-order valence-electron chi connectivity index (χ0n) is 15.9. The molecule has 2 aromatic rings. The third-order valence-electron chi connectivity index (χ3n) is 3.87. The number of halogens is 1. The molecule has 0 aliphatic heterocycles. The van der Waals surface area contributed by atoms with E-state index in [0.717, 1.165) is 17.7 Å². The van der Waals surface area contributed by atoms with E-state index in [0.29, 0.717) is 24.5 Å².